The molecule has 1 heterocycles. The van der Waals surface area contributed by atoms with Crippen molar-refractivity contribution in [2.24, 2.45) is 0 Å². The Morgan fingerprint density at radius 3 is 2.43 bits per heavy atom. The topological polar surface area (TPSA) is 84.1 Å². The Kier molecular flexibility index (Phi) is 5.79. The Bertz CT molecular complexity index is 717. The molecule has 126 valence electrons. The summed E-state index contributed by atoms with van der Waals surface area (Å²) in [6.07, 6.45) is 2.61. The molecule has 6 nitrogen and oxygen atoms in total. The van der Waals surface area contributed by atoms with Gasteiger partial charge in [-0.1, -0.05) is 12.1 Å². The van der Waals surface area contributed by atoms with E-state index in [4.69, 9.17) is 4.74 Å². The average Bonchev–Trinajstić information content (AvgIpc) is 2.87. The van der Waals surface area contributed by atoms with Gasteiger partial charge in [0.1, 0.15) is 10.6 Å². The van der Waals surface area contributed by atoms with E-state index in [0.29, 0.717) is 17.9 Å². The summed E-state index contributed by atoms with van der Waals surface area (Å²) in [4.78, 5) is 0.257. The molecule has 0 aliphatic rings. The lowest BCUT2D eigenvalue weighted by Gasteiger charge is -2.07. The Balaban J connectivity index is 1.78. The number of unbranched alkanes of at least 4 members (excludes halogenated alkanes) is 1. The van der Waals surface area contributed by atoms with Gasteiger partial charge < -0.3 is 4.74 Å². The Labute approximate surface area is 137 Å². The first-order valence-corrected chi connectivity index (χ1v) is 9.06. The van der Waals surface area contributed by atoms with Crippen LogP contribution in [0.3, 0.4) is 0 Å². The number of hydrogen-bond donors (Lipinski definition) is 2. The third-order valence-electron chi connectivity index (χ3n) is 3.67. The molecule has 0 aliphatic carbocycles. The second-order valence-corrected chi connectivity index (χ2v) is 7.17. The molecule has 0 atom stereocenters. The normalized spacial score (nSPS) is 11.6. The summed E-state index contributed by atoms with van der Waals surface area (Å²) in [5, 5.41) is 6.62. The summed E-state index contributed by atoms with van der Waals surface area (Å²) >= 11 is 0. The number of hydrogen-bond acceptors (Lipinski definition) is 4. The number of sulfonamides is 1. The van der Waals surface area contributed by atoms with Crippen molar-refractivity contribution in [1.82, 2.24) is 14.9 Å². The van der Waals surface area contributed by atoms with Crippen LogP contribution in [0.2, 0.25) is 0 Å². The Hall–Kier alpha value is -1.86. The van der Waals surface area contributed by atoms with Gasteiger partial charge in [0.2, 0.25) is 10.0 Å². The molecule has 0 saturated carbocycles. The van der Waals surface area contributed by atoms with Crippen LogP contribution in [0.4, 0.5) is 0 Å². The first-order valence-electron chi connectivity index (χ1n) is 7.58. The third kappa shape index (κ3) is 4.56. The van der Waals surface area contributed by atoms with Crippen molar-refractivity contribution in [2.75, 3.05) is 13.7 Å². The highest BCUT2D eigenvalue weighted by molar-refractivity contribution is 7.89. The second kappa shape index (κ2) is 7.61. The quantitative estimate of drug-likeness (QED) is 0.724. The lowest BCUT2D eigenvalue weighted by molar-refractivity contribution is 0.414. The minimum atomic E-state index is -3.49. The van der Waals surface area contributed by atoms with Crippen LogP contribution in [0, 0.1) is 13.8 Å². The van der Waals surface area contributed by atoms with Gasteiger partial charge in [-0.05, 0) is 50.8 Å². The molecule has 2 aromatic rings. The van der Waals surface area contributed by atoms with E-state index in [0.717, 1.165) is 25.0 Å². The zero-order valence-corrected chi connectivity index (χ0v) is 14.5. The van der Waals surface area contributed by atoms with Crippen molar-refractivity contribution in [2.45, 2.75) is 38.0 Å². The molecule has 2 N–H and O–H groups in total. The highest BCUT2D eigenvalue weighted by Gasteiger charge is 2.21. The summed E-state index contributed by atoms with van der Waals surface area (Å²) in [6.45, 7) is 3.81. The van der Waals surface area contributed by atoms with Gasteiger partial charge >= 0.3 is 0 Å². The maximum absolute atomic E-state index is 12.3. The molecule has 7 heteroatoms. The number of aromatic nitrogens is 2. The molecular weight excluding hydrogens is 314 g/mol. The van der Waals surface area contributed by atoms with Gasteiger partial charge in [0, 0.05) is 6.54 Å². The van der Waals surface area contributed by atoms with Crippen LogP contribution in [-0.4, -0.2) is 32.3 Å². The summed E-state index contributed by atoms with van der Waals surface area (Å²) in [6, 6.07) is 7.92. The predicted octanol–water partition coefficient (Wildman–Crippen LogP) is 2.34. The van der Waals surface area contributed by atoms with Gasteiger partial charge in [-0.15, -0.1) is 0 Å². The molecule has 23 heavy (non-hydrogen) atoms. The van der Waals surface area contributed by atoms with Crippen molar-refractivity contribution in [3.63, 3.8) is 0 Å². The SMILES string of the molecule is COc1ccc(CCCCNS(=O)(=O)c2c(C)n[nH]c2C)cc1. The summed E-state index contributed by atoms with van der Waals surface area (Å²) in [5.41, 5.74) is 2.27. The van der Waals surface area contributed by atoms with Crippen molar-refractivity contribution >= 4 is 10.0 Å². The number of aryl methyl sites for hydroxylation is 3. The third-order valence-corrected chi connectivity index (χ3v) is 5.40. The van der Waals surface area contributed by atoms with Gasteiger partial charge in [-0.2, -0.15) is 5.10 Å². The fraction of sp³-hybridized carbons (Fsp3) is 0.438. The van der Waals surface area contributed by atoms with Crippen LogP contribution in [-0.2, 0) is 16.4 Å². The average molecular weight is 337 g/mol. The number of ether oxygens (including phenoxy) is 1. The predicted molar refractivity (Wildman–Crippen MR) is 89.2 cm³/mol. The molecular formula is C16H23N3O3S. The molecule has 2 rings (SSSR count). The monoisotopic (exact) mass is 337 g/mol. The van der Waals surface area contributed by atoms with Gasteiger partial charge in [0.25, 0.3) is 0 Å². The number of benzene rings is 1. The second-order valence-electron chi connectivity index (χ2n) is 5.47. The van der Waals surface area contributed by atoms with Crippen LogP contribution in [0.25, 0.3) is 0 Å². The van der Waals surface area contributed by atoms with Crippen LogP contribution in [0.15, 0.2) is 29.2 Å². The standard InChI is InChI=1S/C16H23N3O3S/c1-12-16(13(2)19-18-12)23(20,21)17-11-5-4-6-14-7-9-15(22-3)10-8-14/h7-10,17H,4-6,11H2,1-3H3,(H,18,19). The Morgan fingerprint density at radius 1 is 1.17 bits per heavy atom. The smallest absolute Gasteiger partial charge is 0.244 e. The molecule has 0 amide bonds. The number of nitrogens with zero attached hydrogens (tertiary/aromatic N) is 1. The number of aromatic amines is 1. The molecule has 0 spiro atoms. The molecule has 0 aliphatic heterocycles. The van der Waals surface area contributed by atoms with E-state index in [1.807, 2.05) is 24.3 Å². The molecule has 0 saturated heterocycles. The summed E-state index contributed by atoms with van der Waals surface area (Å²) < 4.78 is 32.3. The van der Waals surface area contributed by atoms with Crippen LogP contribution in [0.5, 0.6) is 5.75 Å². The minimum absolute atomic E-state index is 0.257. The van der Waals surface area contributed by atoms with E-state index in [9.17, 15) is 8.42 Å². The Morgan fingerprint density at radius 2 is 1.87 bits per heavy atom. The minimum Gasteiger partial charge on any atom is -0.497 e. The summed E-state index contributed by atoms with van der Waals surface area (Å²) in [5.74, 6) is 0.840. The lowest BCUT2D eigenvalue weighted by atomic mass is 10.1. The fourth-order valence-corrected chi connectivity index (χ4v) is 3.90. The van der Waals surface area contributed by atoms with Crippen molar-refractivity contribution in [3.05, 3.63) is 41.2 Å². The van der Waals surface area contributed by atoms with Gasteiger partial charge in [0.05, 0.1) is 18.5 Å². The van der Waals surface area contributed by atoms with Gasteiger partial charge in [-0.3, -0.25) is 5.10 Å². The molecule has 0 radical (unpaired) electrons. The summed E-state index contributed by atoms with van der Waals surface area (Å²) in [7, 11) is -1.85. The van der Waals surface area contributed by atoms with Crippen LogP contribution < -0.4 is 9.46 Å². The lowest BCUT2D eigenvalue weighted by Crippen LogP contribution is -2.25. The van der Waals surface area contributed by atoms with E-state index in [1.165, 1.54) is 5.56 Å². The zero-order chi connectivity index (χ0) is 16.9. The van der Waals surface area contributed by atoms with E-state index in [1.54, 1.807) is 21.0 Å². The molecule has 1 aromatic heterocycles. The number of methoxy groups -OCH3 is 1. The van der Waals surface area contributed by atoms with Crippen molar-refractivity contribution in [3.8, 4) is 5.75 Å². The number of nitrogens with one attached hydrogen (secondary N) is 2. The maximum Gasteiger partial charge on any atom is 0.244 e. The van der Waals surface area contributed by atoms with Crippen LogP contribution >= 0.6 is 0 Å². The van der Waals surface area contributed by atoms with Gasteiger partial charge in [-0.25, -0.2) is 13.1 Å². The van der Waals surface area contributed by atoms with Crippen molar-refractivity contribution < 1.29 is 13.2 Å². The van der Waals surface area contributed by atoms with Gasteiger partial charge in [0.15, 0.2) is 0 Å². The molecule has 0 bridgehead atoms. The molecule has 0 fully saturated rings. The molecule has 1 aromatic carbocycles. The van der Waals surface area contributed by atoms with E-state index >= 15 is 0 Å². The first-order chi connectivity index (χ1) is 10.9. The highest BCUT2D eigenvalue weighted by Crippen LogP contribution is 2.16. The van der Waals surface area contributed by atoms with E-state index in [-0.39, 0.29) is 4.90 Å². The fourth-order valence-electron chi connectivity index (χ4n) is 2.46. The van der Waals surface area contributed by atoms with E-state index in [2.05, 4.69) is 14.9 Å². The largest absolute Gasteiger partial charge is 0.497 e. The zero-order valence-electron chi connectivity index (χ0n) is 13.7. The maximum atomic E-state index is 12.3. The molecule has 0 unspecified atom stereocenters. The number of H-pyrrole nitrogens is 1. The van der Waals surface area contributed by atoms with E-state index < -0.39 is 10.0 Å². The van der Waals surface area contributed by atoms with Crippen LogP contribution in [0.1, 0.15) is 29.8 Å². The first kappa shape index (κ1) is 17.5. The highest BCUT2D eigenvalue weighted by atomic mass is 32.2. The van der Waals surface area contributed by atoms with Crippen molar-refractivity contribution in [1.29, 1.82) is 0 Å². The number of rotatable bonds is 8.